The van der Waals surface area contributed by atoms with E-state index in [0.717, 1.165) is 36.8 Å². The van der Waals surface area contributed by atoms with Gasteiger partial charge in [0.25, 0.3) is 0 Å². The summed E-state index contributed by atoms with van der Waals surface area (Å²) in [7, 11) is 0. The van der Waals surface area contributed by atoms with Gasteiger partial charge in [-0.2, -0.15) is 0 Å². The van der Waals surface area contributed by atoms with Crippen molar-refractivity contribution in [3.8, 4) is 0 Å². The van der Waals surface area contributed by atoms with E-state index in [1.54, 1.807) is 12.1 Å². The van der Waals surface area contributed by atoms with Crippen molar-refractivity contribution in [2.45, 2.75) is 45.4 Å². The van der Waals surface area contributed by atoms with Crippen molar-refractivity contribution < 1.29 is 9.59 Å². The lowest BCUT2D eigenvalue weighted by Gasteiger charge is -2.07. The summed E-state index contributed by atoms with van der Waals surface area (Å²) in [4.78, 5) is 24.0. The number of unbranched alkanes of at least 4 members (excludes halogenated alkanes) is 3. The van der Waals surface area contributed by atoms with E-state index in [1.807, 2.05) is 43.3 Å². The van der Waals surface area contributed by atoms with Crippen molar-refractivity contribution in [3.63, 3.8) is 0 Å². The van der Waals surface area contributed by atoms with Crippen molar-refractivity contribution >= 4 is 23.1 Å². The summed E-state index contributed by atoms with van der Waals surface area (Å²) in [6.45, 7) is 2.01. The molecule has 0 fully saturated rings. The molecule has 0 aliphatic rings. The minimum atomic E-state index is -0.0198. The number of nitrogen functional groups attached to an aromatic ring is 1. The number of nitrogens with one attached hydrogen (secondary N) is 1. The SMILES string of the molecule is Cc1ccc(C(=O)CCCCCCC(=O)Nc2ccccc2N)cc1. The Kier molecular flexibility index (Phi) is 7.20. The van der Waals surface area contributed by atoms with Gasteiger partial charge in [-0.1, -0.05) is 54.8 Å². The molecule has 0 aromatic heterocycles. The Balaban J connectivity index is 1.58. The highest BCUT2D eigenvalue weighted by molar-refractivity contribution is 5.96. The number of aryl methyl sites for hydroxylation is 1. The first-order chi connectivity index (χ1) is 12.1. The maximum Gasteiger partial charge on any atom is 0.224 e. The van der Waals surface area contributed by atoms with Gasteiger partial charge in [-0.3, -0.25) is 9.59 Å². The first kappa shape index (κ1) is 18.7. The quantitative estimate of drug-likeness (QED) is 0.394. The number of benzene rings is 2. The average Bonchev–Trinajstić information content (AvgIpc) is 2.60. The van der Waals surface area contributed by atoms with E-state index >= 15 is 0 Å². The Labute approximate surface area is 149 Å². The third-order valence-electron chi connectivity index (χ3n) is 4.17. The standard InChI is InChI=1S/C21H26N2O2/c1-16-12-14-17(15-13-16)20(24)10-4-2-3-5-11-21(25)23-19-9-7-6-8-18(19)22/h6-9,12-15H,2-5,10-11,22H2,1H3,(H,23,25). The molecule has 4 nitrogen and oxygen atoms in total. The van der Waals surface area contributed by atoms with Crippen LogP contribution < -0.4 is 11.1 Å². The van der Waals surface area contributed by atoms with Gasteiger partial charge in [-0.05, 0) is 31.9 Å². The van der Waals surface area contributed by atoms with E-state index in [-0.39, 0.29) is 11.7 Å². The molecule has 0 aliphatic heterocycles. The minimum Gasteiger partial charge on any atom is -0.397 e. The van der Waals surface area contributed by atoms with Crippen LogP contribution in [-0.4, -0.2) is 11.7 Å². The molecule has 25 heavy (non-hydrogen) atoms. The molecule has 2 aromatic rings. The fourth-order valence-electron chi connectivity index (χ4n) is 2.63. The minimum absolute atomic E-state index is 0.0198. The lowest BCUT2D eigenvalue weighted by Crippen LogP contribution is -2.12. The van der Waals surface area contributed by atoms with E-state index in [2.05, 4.69) is 5.32 Å². The maximum atomic E-state index is 12.1. The molecule has 0 aliphatic carbocycles. The highest BCUT2D eigenvalue weighted by Crippen LogP contribution is 2.17. The number of carbonyl (C=O) groups is 2. The number of anilines is 2. The Morgan fingerprint density at radius 2 is 1.52 bits per heavy atom. The number of carbonyl (C=O) groups excluding carboxylic acids is 2. The summed E-state index contributed by atoms with van der Waals surface area (Å²) >= 11 is 0. The monoisotopic (exact) mass is 338 g/mol. The summed E-state index contributed by atoms with van der Waals surface area (Å²) in [6.07, 6.45) is 4.62. The molecular formula is C21H26N2O2. The molecule has 0 heterocycles. The zero-order valence-corrected chi connectivity index (χ0v) is 14.8. The predicted octanol–water partition coefficient (Wildman–Crippen LogP) is 4.74. The van der Waals surface area contributed by atoms with Gasteiger partial charge >= 0.3 is 0 Å². The number of rotatable bonds is 9. The number of ketones is 1. The average molecular weight is 338 g/mol. The van der Waals surface area contributed by atoms with Gasteiger partial charge in [0, 0.05) is 18.4 Å². The van der Waals surface area contributed by atoms with Crippen LogP contribution in [0.15, 0.2) is 48.5 Å². The molecule has 0 saturated heterocycles. The van der Waals surface area contributed by atoms with Gasteiger partial charge < -0.3 is 11.1 Å². The van der Waals surface area contributed by atoms with Gasteiger partial charge in [-0.15, -0.1) is 0 Å². The lowest BCUT2D eigenvalue weighted by atomic mass is 10.0. The smallest absolute Gasteiger partial charge is 0.224 e. The fraction of sp³-hybridized carbons (Fsp3) is 0.333. The van der Waals surface area contributed by atoms with Crippen molar-refractivity contribution in [1.82, 2.24) is 0 Å². The predicted molar refractivity (Wildman–Crippen MR) is 103 cm³/mol. The first-order valence-electron chi connectivity index (χ1n) is 8.80. The Morgan fingerprint density at radius 3 is 2.20 bits per heavy atom. The number of para-hydroxylation sites is 2. The number of Topliss-reactive ketones (excluding diaryl/α,β-unsaturated/α-hetero) is 1. The van der Waals surface area contributed by atoms with Gasteiger partial charge in [0.2, 0.25) is 5.91 Å². The van der Waals surface area contributed by atoms with Crippen molar-refractivity contribution in [3.05, 3.63) is 59.7 Å². The molecule has 0 radical (unpaired) electrons. The summed E-state index contributed by atoms with van der Waals surface area (Å²) in [5.74, 6) is 0.172. The van der Waals surface area contributed by atoms with Crippen molar-refractivity contribution in [1.29, 1.82) is 0 Å². The van der Waals surface area contributed by atoms with Gasteiger partial charge in [-0.25, -0.2) is 0 Å². The number of hydrogen-bond acceptors (Lipinski definition) is 3. The zero-order chi connectivity index (χ0) is 18.1. The molecule has 0 spiro atoms. The van der Waals surface area contributed by atoms with Crippen LogP contribution in [0.25, 0.3) is 0 Å². The summed E-state index contributed by atoms with van der Waals surface area (Å²) in [5.41, 5.74) is 8.98. The third-order valence-corrected chi connectivity index (χ3v) is 4.17. The van der Waals surface area contributed by atoms with Crippen LogP contribution in [0.1, 0.15) is 54.4 Å². The van der Waals surface area contributed by atoms with Crippen LogP contribution in [0.4, 0.5) is 11.4 Å². The molecule has 1 amide bonds. The van der Waals surface area contributed by atoms with E-state index in [1.165, 1.54) is 0 Å². The molecule has 132 valence electrons. The normalized spacial score (nSPS) is 10.4. The Hall–Kier alpha value is -2.62. The number of amides is 1. The summed E-state index contributed by atoms with van der Waals surface area (Å²) in [6, 6.07) is 14.9. The van der Waals surface area contributed by atoms with Crippen LogP contribution >= 0.6 is 0 Å². The number of nitrogens with two attached hydrogens (primary N) is 1. The highest BCUT2D eigenvalue weighted by atomic mass is 16.1. The number of hydrogen-bond donors (Lipinski definition) is 2. The van der Waals surface area contributed by atoms with Gasteiger partial charge in [0.1, 0.15) is 0 Å². The molecule has 0 unspecified atom stereocenters. The maximum absolute atomic E-state index is 12.1. The zero-order valence-electron chi connectivity index (χ0n) is 14.8. The second-order valence-corrected chi connectivity index (χ2v) is 6.34. The van der Waals surface area contributed by atoms with E-state index in [0.29, 0.717) is 24.2 Å². The van der Waals surface area contributed by atoms with Crippen LogP contribution in [0.5, 0.6) is 0 Å². The fourth-order valence-corrected chi connectivity index (χ4v) is 2.63. The third kappa shape index (κ3) is 6.42. The van der Waals surface area contributed by atoms with E-state index < -0.39 is 0 Å². The van der Waals surface area contributed by atoms with Crippen LogP contribution in [0.3, 0.4) is 0 Å². The van der Waals surface area contributed by atoms with Gasteiger partial charge in [0.15, 0.2) is 5.78 Å². The largest absolute Gasteiger partial charge is 0.397 e. The van der Waals surface area contributed by atoms with Crippen LogP contribution in [-0.2, 0) is 4.79 Å². The van der Waals surface area contributed by atoms with Crippen LogP contribution in [0.2, 0.25) is 0 Å². The van der Waals surface area contributed by atoms with E-state index in [4.69, 9.17) is 5.73 Å². The molecule has 4 heteroatoms. The second-order valence-electron chi connectivity index (χ2n) is 6.34. The first-order valence-corrected chi connectivity index (χ1v) is 8.80. The highest BCUT2D eigenvalue weighted by Gasteiger charge is 2.06. The lowest BCUT2D eigenvalue weighted by molar-refractivity contribution is -0.116. The molecule has 3 N–H and O–H groups in total. The van der Waals surface area contributed by atoms with E-state index in [9.17, 15) is 9.59 Å². The van der Waals surface area contributed by atoms with Gasteiger partial charge in [0.05, 0.1) is 11.4 Å². The topological polar surface area (TPSA) is 72.2 Å². The molecule has 0 atom stereocenters. The van der Waals surface area contributed by atoms with Crippen molar-refractivity contribution in [2.75, 3.05) is 11.1 Å². The molecular weight excluding hydrogens is 312 g/mol. The second kappa shape index (κ2) is 9.62. The Morgan fingerprint density at radius 1 is 0.880 bits per heavy atom. The summed E-state index contributed by atoms with van der Waals surface area (Å²) in [5, 5.41) is 2.83. The van der Waals surface area contributed by atoms with Crippen LogP contribution in [0, 0.1) is 6.92 Å². The molecule has 2 aromatic carbocycles. The molecule has 0 saturated carbocycles. The van der Waals surface area contributed by atoms with Crippen molar-refractivity contribution in [2.24, 2.45) is 0 Å². The molecule has 2 rings (SSSR count). The molecule has 0 bridgehead atoms. The summed E-state index contributed by atoms with van der Waals surface area (Å²) < 4.78 is 0. The Bertz CT molecular complexity index is 708.